The normalized spacial score (nSPS) is 24.3. The fourth-order valence-electron chi connectivity index (χ4n) is 3.45. The predicted molar refractivity (Wildman–Crippen MR) is 102 cm³/mol. The van der Waals surface area contributed by atoms with Gasteiger partial charge in [0, 0.05) is 25.3 Å². The summed E-state index contributed by atoms with van der Waals surface area (Å²) in [4.78, 5) is 12.2. The van der Waals surface area contributed by atoms with Crippen molar-refractivity contribution in [2.45, 2.75) is 63.2 Å². The van der Waals surface area contributed by atoms with Crippen LogP contribution in [0.3, 0.4) is 0 Å². The van der Waals surface area contributed by atoms with Crippen molar-refractivity contribution < 1.29 is 13.2 Å². The van der Waals surface area contributed by atoms with E-state index in [9.17, 15) is 13.2 Å². The molecule has 28 heavy (non-hydrogen) atoms. The van der Waals surface area contributed by atoms with Crippen molar-refractivity contribution in [3.63, 3.8) is 0 Å². The molecule has 0 aliphatic heterocycles. The summed E-state index contributed by atoms with van der Waals surface area (Å²) in [6.07, 6.45) is 2.12. The van der Waals surface area contributed by atoms with Gasteiger partial charge in [-0.25, -0.2) is 9.97 Å². The Morgan fingerprint density at radius 2 is 1.89 bits per heavy atom. The quantitative estimate of drug-likeness (QED) is 0.388. The number of rotatable bonds is 6. The zero-order chi connectivity index (χ0) is 20.3. The lowest BCUT2D eigenvalue weighted by molar-refractivity contribution is -0.138. The van der Waals surface area contributed by atoms with Gasteiger partial charge < -0.3 is 16.9 Å². The van der Waals surface area contributed by atoms with Crippen molar-refractivity contribution in [1.29, 1.82) is 0 Å². The molecule has 2 fully saturated rings. The van der Waals surface area contributed by atoms with E-state index in [2.05, 4.69) is 25.4 Å². The van der Waals surface area contributed by atoms with Crippen LogP contribution in [0.1, 0.15) is 56.2 Å². The summed E-state index contributed by atoms with van der Waals surface area (Å²) >= 11 is 0. The molecule has 5 N–H and O–H groups in total. The molecule has 3 rings (SSSR count). The summed E-state index contributed by atoms with van der Waals surface area (Å²) in [6, 6.07) is 0.247. The average molecular weight is 397 g/mol. The van der Waals surface area contributed by atoms with Gasteiger partial charge in [0.25, 0.3) is 0 Å². The second-order valence-corrected chi connectivity index (χ2v) is 7.51. The molecular weight excluding hydrogens is 371 g/mol. The van der Waals surface area contributed by atoms with Crippen LogP contribution in [0.25, 0.3) is 0 Å². The van der Waals surface area contributed by atoms with E-state index in [1.165, 1.54) is 7.05 Å². The van der Waals surface area contributed by atoms with Crippen LogP contribution in [0, 0.1) is 5.92 Å². The second kappa shape index (κ2) is 8.42. The third-order valence-electron chi connectivity index (χ3n) is 5.27. The monoisotopic (exact) mass is 397 g/mol. The fourth-order valence-corrected chi connectivity index (χ4v) is 3.45. The van der Waals surface area contributed by atoms with E-state index in [0.717, 1.165) is 44.7 Å². The molecule has 0 bridgehead atoms. The maximum atomic E-state index is 13.6. The molecule has 7 nitrogen and oxygen atoms in total. The zero-order valence-electron chi connectivity index (χ0n) is 15.8. The highest BCUT2D eigenvalue weighted by molar-refractivity contribution is 6.48. The number of hydrogen-bond acceptors (Lipinski definition) is 7. The Hall–Kier alpha value is -2.23. The summed E-state index contributed by atoms with van der Waals surface area (Å²) in [5.41, 5.74) is 5.01. The zero-order valence-corrected chi connectivity index (χ0v) is 15.8. The van der Waals surface area contributed by atoms with Crippen LogP contribution in [-0.4, -0.2) is 40.5 Å². The van der Waals surface area contributed by atoms with Crippen molar-refractivity contribution in [1.82, 2.24) is 9.97 Å². The van der Waals surface area contributed by atoms with Crippen LogP contribution in [-0.2, 0) is 6.18 Å². The number of alkyl halides is 3. The van der Waals surface area contributed by atoms with Gasteiger partial charge in [-0.05, 0) is 50.9 Å². The molecule has 0 atom stereocenters. The number of hydrazone groups is 1. The first kappa shape index (κ1) is 20.5. The van der Waals surface area contributed by atoms with Gasteiger partial charge in [0.15, 0.2) is 0 Å². The molecule has 0 spiro atoms. The van der Waals surface area contributed by atoms with Gasteiger partial charge in [0.1, 0.15) is 17.0 Å². The molecule has 0 radical (unpaired) electrons. The van der Waals surface area contributed by atoms with E-state index in [1.54, 1.807) is 0 Å². The van der Waals surface area contributed by atoms with Crippen LogP contribution >= 0.6 is 0 Å². The van der Waals surface area contributed by atoms with Crippen molar-refractivity contribution in [2.24, 2.45) is 27.6 Å². The van der Waals surface area contributed by atoms with E-state index in [-0.39, 0.29) is 29.4 Å². The van der Waals surface area contributed by atoms with Gasteiger partial charge in [-0.2, -0.15) is 18.3 Å². The molecule has 10 heteroatoms. The molecular formula is C18H26F3N7. The van der Waals surface area contributed by atoms with Crippen LogP contribution in [0.15, 0.2) is 16.3 Å². The highest BCUT2D eigenvalue weighted by Gasteiger charge is 2.38. The Balaban J connectivity index is 1.91. The standard InChI is InChI=1S/C18H26F3N7/c1-24-14(8-10-2-3-10)16(28-23)15-13(18(19,20)21)9-25-17(27-15)26-12-6-4-11(22)5-7-12/h9-12H,2-8,22-23H2,1H3,(H,25,26,27)/b24-14?,28-16+. The first-order valence-corrected chi connectivity index (χ1v) is 9.52. The Labute approximate surface area is 161 Å². The maximum Gasteiger partial charge on any atom is 0.420 e. The number of aromatic nitrogens is 2. The summed E-state index contributed by atoms with van der Waals surface area (Å²) in [6.45, 7) is 0. The Morgan fingerprint density at radius 1 is 1.21 bits per heavy atom. The van der Waals surface area contributed by atoms with Gasteiger partial charge >= 0.3 is 6.18 Å². The maximum absolute atomic E-state index is 13.6. The van der Waals surface area contributed by atoms with E-state index < -0.39 is 11.7 Å². The van der Waals surface area contributed by atoms with Gasteiger partial charge in [-0.1, -0.05) is 0 Å². The van der Waals surface area contributed by atoms with E-state index in [4.69, 9.17) is 11.6 Å². The van der Waals surface area contributed by atoms with Crippen molar-refractivity contribution in [3.05, 3.63) is 17.5 Å². The lowest BCUT2D eigenvalue weighted by atomic mass is 9.92. The van der Waals surface area contributed by atoms with Gasteiger partial charge in [-0.15, -0.1) is 0 Å². The lowest BCUT2D eigenvalue weighted by Crippen LogP contribution is -2.33. The molecule has 0 unspecified atom stereocenters. The number of halogens is 3. The van der Waals surface area contributed by atoms with Crippen LogP contribution < -0.4 is 16.9 Å². The van der Waals surface area contributed by atoms with Gasteiger partial charge in [0.05, 0.1) is 5.71 Å². The number of nitrogens with zero attached hydrogens (tertiary/aromatic N) is 4. The molecule has 1 aromatic rings. The molecule has 0 saturated heterocycles. The Bertz CT molecular complexity index is 748. The van der Waals surface area contributed by atoms with Crippen LogP contribution in [0.2, 0.25) is 0 Å². The topological polar surface area (TPSA) is 115 Å². The van der Waals surface area contributed by atoms with E-state index >= 15 is 0 Å². The molecule has 1 heterocycles. The number of hydrogen-bond donors (Lipinski definition) is 3. The largest absolute Gasteiger partial charge is 0.420 e. The first-order chi connectivity index (χ1) is 13.3. The summed E-state index contributed by atoms with van der Waals surface area (Å²) in [5, 5.41) is 6.76. The highest BCUT2D eigenvalue weighted by atomic mass is 19.4. The number of aliphatic imine (C=N–C) groups is 1. The molecule has 2 aliphatic carbocycles. The van der Waals surface area contributed by atoms with Crippen molar-refractivity contribution in [3.8, 4) is 0 Å². The molecule has 2 aliphatic rings. The third kappa shape index (κ3) is 4.98. The average Bonchev–Trinajstić information content (AvgIpc) is 3.47. The fraction of sp³-hybridized carbons (Fsp3) is 0.667. The van der Waals surface area contributed by atoms with Crippen molar-refractivity contribution in [2.75, 3.05) is 12.4 Å². The van der Waals surface area contributed by atoms with Gasteiger partial charge in [-0.3, -0.25) is 4.99 Å². The van der Waals surface area contributed by atoms with E-state index in [1.807, 2.05) is 0 Å². The minimum absolute atomic E-state index is 0.0298. The number of anilines is 1. The Morgan fingerprint density at radius 3 is 2.43 bits per heavy atom. The summed E-state index contributed by atoms with van der Waals surface area (Å²) in [7, 11) is 1.53. The van der Waals surface area contributed by atoms with Crippen LogP contribution in [0.5, 0.6) is 0 Å². The molecule has 0 amide bonds. The molecule has 1 aromatic heterocycles. The first-order valence-electron chi connectivity index (χ1n) is 9.52. The van der Waals surface area contributed by atoms with E-state index in [0.29, 0.717) is 18.1 Å². The summed E-state index contributed by atoms with van der Waals surface area (Å²) in [5.74, 6) is 6.03. The predicted octanol–water partition coefficient (Wildman–Crippen LogP) is 2.71. The lowest BCUT2D eigenvalue weighted by Gasteiger charge is -2.27. The highest BCUT2D eigenvalue weighted by Crippen LogP contribution is 2.35. The molecule has 0 aromatic carbocycles. The molecule has 2 saturated carbocycles. The second-order valence-electron chi connectivity index (χ2n) is 7.51. The molecule has 154 valence electrons. The minimum atomic E-state index is -4.63. The third-order valence-corrected chi connectivity index (χ3v) is 5.27. The van der Waals surface area contributed by atoms with Gasteiger partial charge in [0.2, 0.25) is 5.95 Å². The van der Waals surface area contributed by atoms with Crippen LogP contribution in [0.4, 0.5) is 19.1 Å². The number of nitrogens with two attached hydrogens (primary N) is 2. The number of nitrogens with one attached hydrogen (secondary N) is 1. The smallest absolute Gasteiger partial charge is 0.351 e. The summed E-state index contributed by atoms with van der Waals surface area (Å²) < 4.78 is 40.7. The SMILES string of the molecule is CN=C(CC1CC1)/C(=N\N)c1nc(NC2CCC(N)CC2)ncc1C(F)(F)F. The van der Waals surface area contributed by atoms with Crippen molar-refractivity contribution >= 4 is 17.4 Å². The Kier molecular flexibility index (Phi) is 6.17. The minimum Gasteiger partial charge on any atom is -0.351 e.